The van der Waals surface area contributed by atoms with Crippen molar-refractivity contribution in [2.24, 2.45) is 0 Å². The Morgan fingerprint density at radius 2 is 0.804 bits per heavy atom. The van der Waals surface area contributed by atoms with E-state index in [1.54, 1.807) is 0 Å². The summed E-state index contributed by atoms with van der Waals surface area (Å²) in [5.41, 5.74) is -24.2. The zero-order chi connectivity index (χ0) is 43.6. The lowest BCUT2D eigenvalue weighted by Gasteiger charge is -2.60. The molecule has 2 unspecified atom stereocenters. The first-order valence-corrected chi connectivity index (χ1v) is 16.5. The fourth-order valence-electron chi connectivity index (χ4n) is 7.68. The molecule has 1 aromatic rings. The van der Waals surface area contributed by atoms with Crippen LogP contribution in [0.3, 0.4) is 0 Å². The molecule has 2 fully saturated rings. The summed E-state index contributed by atoms with van der Waals surface area (Å²) in [6.07, 6.45) is -5.04. The second-order valence-electron chi connectivity index (χ2n) is 13.7. The summed E-state index contributed by atoms with van der Waals surface area (Å²) >= 11 is 0. The zero-order valence-electron chi connectivity index (χ0n) is 31.3. The van der Waals surface area contributed by atoms with Crippen molar-refractivity contribution in [1.82, 2.24) is 0 Å². The van der Waals surface area contributed by atoms with Gasteiger partial charge in [0.05, 0.1) is 13.2 Å². The van der Waals surface area contributed by atoms with Crippen LogP contribution in [0.1, 0.15) is 65.7 Å². The Morgan fingerprint density at radius 3 is 1.00 bits per heavy atom. The average molecular weight is 799 g/mol. The van der Waals surface area contributed by atoms with Gasteiger partial charge in [-0.2, -0.15) is 0 Å². The lowest BCUT2D eigenvalue weighted by atomic mass is 9.57. The van der Waals surface area contributed by atoms with Gasteiger partial charge in [0, 0.05) is 25.5 Å². The number of benzene rings is 1. The highest BCUT2D eigenvalue weighted by molar-refractivity contribution is 6.10. The van der Waals surface area contributed by atoms with Gasteiger partial charge in [0.2, 0.25) is 34.0 Å². The van der Waals surface area contributed by atoms with Crippen LogP contribution in [-0.2, 0) is 47.8 Å². The fraction of sp³-hybridized carbons (Fsp3) is 0.571. The average Bonchev–Trinajstić information content (AvgIpc) is 3.10. The predicted molar refractivity (Wildman–Crippen MR) is 178 cm³/mol. The van der Waals surface area contributed by atoms with Gasteiger partial charge < -0.3 is 59.8 Å². The number of aliphatic hydroxyl groups excluding tert-OH is 2. The van der Waals surface area contributed by atoms with Crippen molar-refractivity contribution in [2.45, 2.75) is 113 Å². The predicted octanol–water partition coefficient (Wildman–Crippen LogP) is -4.47. The molecule has 3 rings (SSSR count). The van der Waals surface area contributed by atoms with E-state index < -0.39 is 134 Å². The van der Waals surface area contributed by atoms with Crippen LogP contribution in [-0.4, -0.2) is 164 Å². The number of ketones is 8. The standard InChI is InChI=1S/C35H42O21/c1-15(39)28(47)26(13-37)55-34(21(7)45,32(51,19(5)43)30(28,49)17(3)41)53-24-9-23(12-36)10-25(11-24)54-35(22(8)46)33(52,20(6)44)31(50,18(4)42)29(48,16(2)40)27(14-38)56-35/h9-12,26-27,37-38,47-52H,13-14H2,1-8H3/t26-,27-,28-,29-,30+,31+,32-,33-,34?,35?/m1/s1. The van der Waals surface area contributed by atoms with E-state index in [1.807, 2.05) is 0 Å². The molecule has 0 aromatic heterocycles. The normalized spacial score (nSPS) is 38.1. The van der Waals surface area contributed by atoms with Crippen molar-refractivity contribution < 1.29 is 103 Å². The Morgan fingerprint density at radius 1 is 0.518 bits per heavy atom. The van der Waals surface area contributed by atoms with Crippen molar-refractivity contribution in [3.8, 4) is 11.5 Å². The highest BCUT2D eigenvalue weighted by atomic mass is 16.7. The van der Waals surface area contributed by atoms with Crippen molar-refractivity contribution >= 4 is 52.6 Å². The Bertz CT molecular complexity index is 1800. The maximum absolute atomic E-state index is 13.6. The molecule has 0 aliphatic carbocycles. The van der Waals surface area contributed by atoms with Gasteiger partial charge in [-0.25, -0.2) is 0 Å². The van der Waals surface area contributed by atoms with Crippen molar-refractivity contribution in [3.05, 3.63) is 23.8 Å². The molecule has 2 aliphatic rings. The second kappa shape index (κ2) is 14.4. The topological polar surface area (TPSA) is 352 Å². The molecule has 0 amide bonds. The molecule has 0 radical (unpaired) electrons. The minimum absolute atomic E-state index is 0.0340. The number of carbonyl (C=O) groups is 9. The molecule has 56 heavy (non-hydrogen) atoms. The molecule has 8 N–H and O–H groups in total. The van der Waals surface area contributed by atoms with Crippen LogP contribution in [0.15, 0.2) is 18.2 Å². The first-order chi connectivity index (χ1) is 25.5. The summed E-state index contributed by atoms with van der Waals surface area (Å²) < 4.78 is 22.3. The molecule has 2 aliphatic heterocycles. The number of hydrogen-bond donors (Lipinski definition) is 8. The van der Waals surface area contributed by atoms with Crippen LogP contribution in [0, 0.1) is 0 Å². The molecular weight excluding hydrogens is 756 g/mol. The van der Waals surface area contributed by atoms with Gasteiger partial charge in [0.1, 0.15) is 30.0 Å². The summed E-state index contributed by atoms with van der Waals surface area (Å²) in [6, 6.07) is 1.96. The Labute approximate surface area is 316 Å². The van der Waals surface area contributed by atoms with Crippen LogP contribution < -0.4 is 9.47 Å². The van der Waals surface area contributed by atoms with Gasteiger partial charge in [-0.05, 0) is 53.7 Å². The van der Waals surface area contributed by atoms with Gasteiger partial charge in [-0.15, -0.1) is 0 Å². The summed E-state index contributed by atoms with van der Waals surface area (Å²) in [7, 11) is 0. The molecule has 1 aromatic carbocycles. The molecule has 2 saturated heterocycles. The van der Waals surface area contributed by atoms with E-state index >= 15 is 0 Å². The Kier molecular flexibility index (Phi) is 11.8. The molecule has 0 spiro atoms. The van der Waals surface area contributed by atoms with E-state index in [0.717, 1.165) is 0 Å². The molecule has 0 saturated carbocycles. The van der Waals surface area contributed by atoms with E-state index in [1.165, 1.54) is 0 Å². The first-order valence-electron chi connectivity index (χ1n) is 16.5. The van der Waals surface area contributed by atoms with Crippen LogP contribution in [0.5, 0.6) is 11.5 Å². The smallest absolute Gasteiger partial charge is 0.310 e. The first kappa shape index (κ1) is 45.8. The third kappa shape index (κ3) is 5.34. The quantitative estimate of drug-likeness (QED) is 0.0776. The molecule has 0 bridgehead atoms. The maximum Gasteiger partial charge on any atom is 0.310 e. The molecule has 21 nitrogen and oxygen atoms in total. The highest BCUT2D eigenvalue weighted by Crippen LogP contribution is 2.54. The van der Waals surface area contributed by atoms with E-state index in [4.69, 9.17) is 18.9 Å². The van der Waals surface area contributed by atoms with Gasteiger partial charge in [-0.3, -0.25) is 43.2 Å². The van der Waals surface area contributed by atoms with Crippen LogP contribution in [0.4, 0.5) is 0 Å². The summed E-state index contributed by atoms with van der Waals surface area (Å²) in [6.45, 7) is 1.31. The van der Waals surface area contributed by atoms with Gasteiger partial charge >= 0.3 is 11.6 Å². The Hall–Kier alpha value is -4.55. The van der Waals surface area contributed by atoms with Crippen molar-refractivity contribution in [2.75, 3.05) is 13.2 Å². The monoisotopic (exact) mass is 798 g/mol. The third-order valence-corrected chi connectivity index (χ3v) is 10.6. The number of Topliss-reactive ketones (excluding diaryl/α,β-unsaturated/α-hetero) is 8. The van der Waals surface area contributed by atoms with E-state index in [-0.39, 0.29) is 6.29 Å². The van der Waals surface area contributed by atoms with Crippen LogP contribution >= 0.6 is 0 Å². The molecule has 308 valence electrons. The molecule has 2 heterocycles. The van der Waals surface area contributed by atoms with E-state index in [2.05, 4.69) is 0 Å². The van der Waals surface area contributed by atoms with Crippen molar-refractivity contribution in [3.63, 3.8) is 0 Å². The van der Waals surface area contributed by atoms with E-state index in [0.29, 0.717) is 73.6 Å². The van der Waals surface area contributed by atoms with E-state index in [9.17, 15) is 84.0 Å². The number of aldehydes is 1. The number of hydrogen-bond acceptors (Lipinski definition) is 21. The zero-order valence-corrected chi connectivity index (χ0v) is 31.3. The SMILES string of the molecule is CC(=O)C1(Oc2cc(C=O)cc(OC3(C(C)=O)O[C@H](CO)[C@](O)(C(C)=O)[C@@](O)(C(C)=O)[C@]3(O)C(C)=O)c2)O[C@H](CO)[C@](O)(C(C)=O)[C@@](O)(C(C)=O)[C@]1(O)C(C)=O. The number of rotatable bonds is 15. The minimum Gasteiger partial charge on any atom is -0.451 e. The number of carbonyl (C=O) groups excluding carboxylic acids is 9. The summed E-state index contributed by atoms with van der Waals surface area (Å²) in [4.78, 5) is 118. The number of ether oxygens (including phenoxy) is 4. The summed E-state index contributed by atoms with van der Waals surface area (Å²) in [5.74, 6) is -22.7. The Balaban J connectivity index is 2.49. The lowest BCUT2D eigenvalue weighted by Crippen LogP contribution is -2.91. The third-order valence-electron chi connectivity index (χ3n) is 10.6. The maximum atomic E-state index is 13.6. The van der Waals surface area contributed by atoms with Gasteiger partial charge in [0.15, 0.2) is 45.9 Å². The van der Waals surface area contributed by atoms with Crippen LogP contribution in [0.25, 0.3) is 0 Å². The fourth-order valence-corrected chi connectivity index (χ4v) is 7.68. The second-order valence-corrected chi connectivity index (χ2v) is 13.7. The minimum atomic E-state index is -4.10. The number of aliphatic hydroxyl groups is 8. The van der Waals surface area contributed by atoms with Crippen LogP contribution in [0.2, 0.25) is 0 Å². The molecule has 21 heteroatoms. The lowest BCUT2D eigenvalue weighted by molar-refractivity contribution is -0.383. The summed E-state index contributed by atoms with van der Waals surface area (Å²) in [5, 5.41) is 91.3. The molecular formula is C35H42O21. The van der Waals surface area contributed by atoms with Gasteiger partial charge in [0.25, 0.3) is 0 Å². The largest absolute Gasteiger partial charge is 0.451 e. The molecule has 10 atom stereocenters. The van der Waals surface area contributed by atoms with Crippen molar-refractivity contribution in [1.29, 1.82) is 0 Å². The van der Waals surface area contributed by atoms with Gasteiger partial charge in [-0.1, -0.05) is 0 Å². The highest BCUT2D eigenvalue weighted by Gasteiger charge is 2.87.